The highest BCUT2D eigenvalue weighted by Gasteiger charge is 2.01. The van der Waals surface area contributed by atoms with Crippen molar-refractivity contribution in [2.45, 2.75) is 20.3 Å². The molecule has 0 radical (unpaired) electrons. The Morgan fingerprint density at radius 1 is 1.43 bits per heavy atom. The molecule has 1 unspecified atom stereocenters. The van der Waals surface area contributed by atoms with Crippen molar-refractivity contribution in [3.63, 3.8) is 0 Å². The summed E-state index contributed by atoms with van der Waals surface area (Å²) >= 11 is 0. The van der Waals surface area contributed by atoms with Crippen molar-refractivity contribution in [1.29, 1.82) is 0 Å². The summed E-state index contributed by atoms with van der Waals surface area (Å²) in [6.45, 7) is 4.34. The number of allylic oxidation sites excluding steroid dienone is 2. The normalized spacial score (nSPS) is 19.9. The van der Waals surface area contributed by atoms with Gasteiger partial charge in [-0.1, -0.05) is 31.2 Å². The van der Waals surface area contributed by atoms with Gasteiger partial charge in [-0.15, -0.1) is 0 Å². The van der Waals surface area contributed by atoms with E-state index in [1.54, 1.807) is 0 Å². The lowest BCUT2D eigenvalue weighted by atomic mass is 10.1. The number of hydrogen-bond donors (Lipinski definition) is 0. The summed E-state index contributed by atoms with van der Waals surface area (Å²) in [6.07, 6.45) is 9.72. The second kappa shape index (κ2) is 3.79. The topological polar surface area (TPSA) is 12.9 Å². The molecular formula is C13H15N. The van der Waals surface area contributed by atoms with Crippen LogP contribution >= 0.6 is 0 Å². The lowest BCUT2D eigenvalue weighted by molar-refractivity contribution is 0.810. The van der Waals surface area contributed by atoms with Gasteiger partial charge in [0.1, 0.15) is 0 Å². The van der Waals surface area contributed by atoms with Crippen LogP contribution in [0.5, 0.6) is 0 Å². The Balaban J connectivity index is 2.72. The largest absolute Gasteiger partial charge is 0.257 e. The van der Waals surface area contributed by atoms with Gasteiger partial charge >= 0.3 is 0 Å². The number of fused-ring (bicyclic) bond motifs is 1. The fraction of sp³-hybridized carbons (Fsp3) is 0.308. The summed E-state index contributed by atoms with van der Waals surface area (Å²) in [4.78, 5) is 4.41. The summed E-state index contributed by atoms with van der Waals surface area (Å²) in [5.74, 6) is 0.529. The SMILES string of the molecule is CCC1C=CC(C)=c2cccnc2=C1. The molecule has 0 bridgehead atoms. The molecule has 0 amide bonds. The molecule has 14 heavy (non-hydrogen) atoms. The third-order valence-corrected chi connectivity index (χ3v) is 2.70. The van der Waals surface area contributed by atoms with Crippen LogP contribution in [0.15, 0.2) is 30.5 Å². The van der Waals surface area contributed by atoms with Crippen LogP contribution in [0.4, 0.5) is 0 Å². The van der Waals surface area contributed by atoms with E-state index >= 15 is 0 Å². The van der Waals surface area contributed by atoms with Crippen molar-refractivity contribution in [3.05, 3.63) is 41.0 Å². The number of nitrogens with zero attached hydrogens (tertiary/aromatic N) is 1. The molecule has 0 fully saturated rings. The molecule has 0 N–H and O–H groups in total. The van der Waals surface area contributed by atoms with Gasteiger partial charge in [0.2, 0.25) is 0 Å². The molecule has 1 heterocycles. The van der Waals surface area contributed by atoms with E-state index in [2.05, 4.69) is 43.1 Å². The van der Waals surface area contributed by atoms with Crippen molar-refractivity contribution < 1.29 is 0 Å². The van der Waals surface area contributed by atoms with E-state index in [1.165, 1.54) is 10.8 Å². The summed E-state index contributed by atoms with van der Waals surface area (Å²) in [6, 6.07) is 4.13. The predicted molar refractivity (Wildman–Crippen MR) is 60.0 cm³/mol. The zero-order valence-electron chi connectivity index (χ0n) is 8.70. The van der Waals surface area contributed by atoms with E-state index in [0.29, 0.717) is 5.92 Å². The molecule has 0 saturated carbocycles. The number of rotatable bonds is 1. The molecule has 0 aliphatic heterocycles. The van der Waals surface area contributed by atoms with Gasteiger partial charge in [-0.05, 0) is 30.9 Å². The number of aromatic nitrogens is 1. The summed E-state index contributed by atoms with van der Waals surface area (Å²) < 4.78 is 0. The molecule has 1 aromatic rings. The Morgan fingerprint density at radius 2 is 2.29 bits per heavy atom. The maximum absolute atomic E-state index is 4.41. The highest BCUT2D eigenvalue weighted by atomic mass is 14.6. The van der Waals surface area contributed by atoms with E-state index in [4.69, 9.17) is 0 Å². The number of pyridine rings is 1. The minimum Gasteiger partial charge on any atom is -0.257 e. The van der Waals surface area contributed by atoms with Gasteiger partial charge in [0.15, 0.2) is 0 Å². The lowest BCUT2D eigenvalue weighted by Crippen LogP contribution is -2.28. The summed E-state index contributed by atoms with van der Waals surface area (Å²) in [5.41, 5.74) is 1.31. The Labute approximate surface area is 84.5 Å². The van der Waals surface area contributed by atoms with Gasteiger partial charge in [0.05, 0.1) is 5.35 Å². The van der Waals surface area contributed by atoms with Crippen LogP contribution in [0.25, 0.3) is 11.6 Å². The molecule has 0 saturated heterocycles. The first-order chi connectivity index (χ1) is 6.81. The highest BCUT2D eigenvalue weighted by Crippen LogP contribution is 2.09. The van der Waals surface area contributed by atoms with Crippen LogP contribution < -0.4 is 10.6 Å². The van der Waals surface area contributed by atoms with Gasteiger partial charge < -0.3 is 0 Å². The maximum atomic E-state index is 4.41. The Kier molecular flexibility index (Phi) is 2.49. The average molecular weight is 185 g/mol. The van der Waals surface area contributed by atoms with Crippen molar-refractivity contribution in [2.24, 2.45) is 5.92 Å². The molecule has 0 aromatic carbocycles. The lowest BCUT2D eigenvalue weighted by Gasteiger charge is -1.99. The van der Waals surface area contributed by atoms with Gasteiger partial charge in [-0.3, -0.25) is 4.98 Å². The van der Waals surface area contributed by atoms with E-state index in [-0.39, 0.29) is 0 Å². The Hall–Kier alpha value is -1.37. The predicted octanol–water partition coefficient (Wildman–Crippen LogP) is 1.63. The number of hydrogen-bond acceptors (Lipinski definition) is 1. The second-order valence-electron chi connectivity index (χ2n) is 3.72. The van der Waals surface area contributed by atoms with Crippen LogP contribution in [0.3, 0.4) is 0 Å². The van der Waals surface area contributed by atoms with Crippen LogP contribution in [0, 0.1) is 5.92 Å². The first-order valence-corrected chi connectivity index (χ1v) is 5.13. The molecule has 1 atom stereocenters. The fourth-order valence-corrected chi connectivity index (χ4v) is 1.75. The zero-order valence-corrected chi connectivity index (χ0v) is 8.70. The average Bonchev–Trinajstić information content (AvgIpc) is 2.39. The van der Waals surface area contributed by atoms with Gasteiger partial charge in [0, 0.05) is 11.4 Å². The van der Waals surface area contributed by atoms with Crippen molar-refractivity contribution in [3.8, 4) is 0 Å². The Morgan fingerprint density at radius 3 is 3.07 bits per heavy atom. The van der Waals surface area contributed by atoms with Gasteiger partial charge in [-0.2, -0.15) is 0 Å². The first-order valence-electron chi connectivity index (χ1n) is 5.13. The van der Waals surface area contributed by atoms with Crippen LogP contribution in [-0.2, 0) is 0 Å². The first kappa shape index (κ1) is 9.20. The molecule has 72 valence electrons. The van der Waals surface area contributed by atoms with E-state index < -0.39 is 0 Å². The van der Waals surface area contributed by atoms with Crippen LogP contribution in [0.2, 0.25) is 0 Å². The molecule has 0 spiro atoms. The molecule has 1 aromatic heterocycles. The van der Waals surface area contributed by atoms with E-state index in [0.717, 1.165) is 11.8 Å². The Bertz CT molecular complexity index is 468. The monoisotopic (exact) mass is 185 g/mol. The van der Waals surface area contributed by atoms with Crippen molar-refractivity contribution >= 4 is 11.6 Å². The summed E-state index contributed by atoms with van der Waals surface area (Å²) in [5, 5.41) is 2.39. The molecule has 1 aliphatic rings. The minimum absolute atomic E-state index is 0.529. The maximum Gasteiger partial charge on any atom is 0.0670 e. The molecule has 1 heteroatoms. The van der Waals surface area contributed by atoms with Gasteiger partial charge in [0.25, 0.3) is 0 Å². The minimum atomic E-state index is 0.529. The van der Waals surface area contributed by atoms with Crippen LogP contribution in [-0.4, -0.2) is 4.98 Å². The zero-order chi connectivity index (χ0) is 9.97. The third-order valence-electron chi connectivity index (χ3n) is 2.70. The third kappa shape index (κ3) is 1.63. The van der Waals surface area contributed by atoms with Crippen LogP contribution in [0.1, 0.15) is 20.3 Å². The molecule has 2 rings (SSSR count). The van der Waals surface area contributed by atoms with E-state index in [1.807, 2.05) is 12.3 Å². The van der Waals surface area contributed by atoms with Gasteiger partial charge in [-0.25, -0.2) is 0 Å². The van der Waals surface area contributed by atoms with Crippen molar-refractivity contribution in [1.82, 2.24) is 4.98 Å². The fourth-order valence-electron chi connectivity index (χ4n) is 1.75. The second-order valence-corrected chi connectivity index (χ2v) is 3.72. The molecule has 1 nitrogen and oxygen atoms in total. The van der Waals surface area contributed by atoms with Crippen molar-refractivity contribution in [2.75, 3.05) is 0 Å². The standard InChI is InChI=1S/C13H15N/c1-3-11-7-6-10(2)12-5-4-8-14-13(12)9-11/h4-9,11H,3H2,1-2H3. The summed E-state index contributed by atoms with van der Waals surface area (Å²) in [7, 11) is 0. The van der Waals surface area contributed by atoms with E-state index in [9.17, 15) is 0 Å². The molecule has 1 aliphatic carbocycles. The quantitative estimate of drug-likeness (QED) is 0.648. The highest BCUT2D eigenvalue weighted by molar-refractivity contribution is 5.57. The smallest absolute Gasteiger partial charge is 0.0670 e. The molecular weight excluding hydrogens is 170 g/mol.